The lowest BCUT2D eigenvalue weighted by Crippen LogP contribution is -2.52. The molecule has 1 N–H and O–H groups in total. The van der Waals surface area contributed by atoms with E-state index < -0.39 is 5.60 Å². The standard InChI is InChI=1S/C20H30N2O3S/c23-19(18-12-16-6-2-1-3-7-17(16)26-18)22-10-11-25-15-20(24,14-22)13-21-8-4-5-9-21/h12,24H,1-11,13-15H2/t20-/m1/s1. The van der Waals surface area contributed by atoms with Gasteiger partial charge in [0.15, 0.2) is 0 Å². The lowest BCUT2D eigenvalue weighted by atomic mass is 10.0. The lowest BCUT2D eigenvalue weighted by Gasteiger charge is -2.33. The molecule has 1 amide bonds. The zero-order valence-electron chi connectivity index (χ0n) is 15.5. The molecule has 1 aromatic heterocycles. The smallest absolute Gasteiger partial charge is 0.264 e. The Labute approximate surface area is 159 Å². The molecule has 1 aromatic rings. The second kappa shape index (κ2) is 7.97. The van der Waals surface area contributed by atoms with E-state index in [0.717, 1.165) is 30.8 Å². The summed E-state index contributed by atoms with van der Waals surface area (Å²) in [6.45, 7) is 4.40. The van der Waals surface area contributed by atoms with Crippen LogP contribution in [0.2, 0.25) is 0 Å². The molecule has 0 saturated carbocycles. The third-order valence-electron chi connectivity index (χ3n) is 5.82. The molecule has 0 spiro atoms. The topological polar surface area (TPSA) is 53.0 Å². The average Bonchev–Trinajstić information content (AvgIpc) is 3.16. The molecule has 0 unspecified atom stereocenters. The number of aliphatic hydroxyl groups is 1. The van der Waals surface area contributed by atoms with Crippen LogP contribution in [0.4, 0.5) is 0 Å². The van der Waals surface area contributed by atoms with Gasteiger partial charge < -0.3 is 19.6 Å². The molecule has 144 valence electrons. The van der Waals surface area contributed by atoms with E-state index in [2.05, 4.69) is 11.0 Å². The van der Waals surface area contributed by atoms with Gasteiger partial charge >= 0.3 is 0 Å². The van der Waals surface area contributed by atoms with Crippen molar-refractivity contribution >= 4 is 17.2 Å². The van der Waals surface area contributed by atoms with E-state index in [1.54, 1.807) is 11.3 Å². The quantitative estimate of drug-likeness (QED) is 0.820. The van der Waals surface area contributed by atoms with Crippen LogP contribution < -0.4 is 0 Å². The Balaban J connectivity index is 1.47. The maximum atomic E-state index is 13.1. The van der Waals surface area contributed by atoms with E-state index >= 15 is 0 Å². The van der Waals surface area contributed by atoms with Gasteiger partial charge in [-0.05, 0) is 63.2 Å². The van der Waals surface area contributed by atoms with Gasteiger partial charge in [-0.25, -0.2) is 0 Å². The van der Waals surface area contributed by atoms with Crippen molar-refractivity contribution in [2.75, 3.05) is 45.9 Å². The number of carbonyl (C=O) groups excluding carboxylic acids is 1. The maximum Gasteiger partial charge on any atom is 0.264 e. The van der Waals surface area contributed by atoms with Gasteiger partial charge in [0.2, 0.25) is 0 Å². The Morgan fingerprint density at radius 3 is 2.81 bits per heavy atom. The van der Waals surface area contributed by atoms with E-state index in [1.165, 1.54) is 42.5 Å². The Morgan fingerprint density at radius 1 is 1.15 bits per heavy atom. The van der Waals surface area contributed by atoms with E-state index in [-0.39, 0.29) is 5.91 Å². The number of likely N-dealkylation sites (tertiary alicyclic amines) is 1. The summed E-state index contributed by atoms with van der Waals surface area (Å²) in [5.74, 6) is 0.0634. The highest BCUT2D eigenvalue weighted by Crippen LogP contribution is 2.30. The molecule has 4 rings (SSSR count). The lowest BCUT2D eigenvalue weighted by molar-refractivity contribution is -0.0524. The summed E-state index contributed by atoms with van der Waals surface area (Å²) in [5.41, 5.74) is 0.402. The normalized spacial score (nSPS) is 27.8. The molecular formula is C20H30N2O3S. The van der Waals surface area contributed by atoms with E-state index in [1.807, 2.05) is 4.90 Å². The molecule has 0 radical (unpaired) electrons. The van der Waals surface area contributed by atoms with Crippen molar-refractivity contribution in [1.29, 1.82) is 0 Å². The van der Waals surface area contributed by atoms with Crippen molar-refractivity contribution in [3.8, 4) is 0 Å². The fourth-order valence-corrected chi connectivity index (χ4v) is 5.69. The molecule has 0 bridgehead atoms. The van der Waals surface area contributed by atoms with Crippen LogP contribution in [0.5, 0.6) is 0 Å². The van der Waals surface area contributed by atoms with Crippen LogP contribution in [0.1, 0.15) is 52.2 Å². The van der Waals surface area contributed by atoms with Crippen molar-refractivity contribution in [2.24, 2.45) is 0 Å². The van der Waals surface area contributed by atoms with Gasteiger partial charge in [-0.15, -0.1) is 11.3 Å². The fourth-order valence-electron chi connectivity index (χ4n) is 4.47. The van der Waals surface area contributed by atoms with Crippen LogP contribution in [-0.4, -0.2) is 72.4 Å². The van der Waals surface area contributed by atoms with Crippen LogP contribution >= 0.6 is 11.3 Å². The van der Waals surface area contributed by atoms with Gasteiger partial charge in [0.25, 0.3) is 5.91 Å². The van der Waals surface area contributed by atoms with Gasteiger partial charge in [0, 0.05) is 18.0 Å². The Kier molecular flexibility index (Phi) is 5.64. The summed E-state index contributed by atoms with van der Waals surface area (Å²) in [5, 5.41) is 11.1. The highest BCUT2D eigenvalue weighted by atomic mass is 32.1. The Hall–Kier alpha value is -0.950. The monoisotopic (exact) mass is 378 g/mol. The number of ether oxygens (including phenoxy) is 1. The molecule has 2 aliphatic heterocycles. The molecule has 1 atom stereocenters. The van der Waals surface area contributed by atoms with Gasteiger partial charge in [-0.2, -0.15) is 0 Å². The predicted molar refractivity (Wildman–Crippen MR) is 103 cm³/mol. The van der Waals surface area contributed by atoms with Gasteiger partial charge in [0.05, 0.1) is 24.6 Å². The van der Waals surface area contributed by atoms with Crippen LogP contribution in [0.15, 0.2) is 6.07 Å². The van der Waals surface area contributed by atoms with E-state index in [0.29, 0.717) is 32.8 Å². The number of thiophene rings is 1. The number of fused-ring (bicyclic) bond motifs is 1. The number of aryl methyl sites for hydroxylation is 2. The number of hydrogen-bond acceptors (Lipinski definition) is 5. The highest BCUT2D eigenvalue weighted by Gasteiger charge is 2.37. The number of rotatable bonds is 3. The summed E-state index contributed by atoms with van der Waals surface area (Å²) in [7, 11) is 0. The van der Waals surface area contributed by atoms with E-state index in [9.17, 15) is 9.90 Å². The van der Waals surface area contributed by atoms with Gasteiger partial charge in [-0.1, -0.05) is 6.42 Å². The Bertz CT molecular complexity index is 618. The zero-order chi connectivity index (χ0) is 18.0. The number of hydrogen-bond donors (Lipinski definition) is 1. The molecule has 26 heavy (non-hydrogen) atoms. The first-order chi connectivity index (χ1) is 12.6. The first kappa shape index (κ1) is 18.4. The van der Waals surface area contributed by atoms with Crippen LogP contribution in [0, 0.1) is 0 Å². The third-order valence-corrected chi connectivity index (χ3v) is 7.05. The minimum atomic E-state index is -0.967. The number of β-amino-alcohol motifs (C(OH)–C–C–N with tert-alkyl or cyclic N) is 1. The van der Waals surface area contributed by atoms with Crippen molar-refractivity contribution < 1.29 is 14.6 Å². The minimum Gasteiger partial charge on any atom is -0.384 e. The summed E-state index contributed by atoms with van der Waals surface area (Å²) >= 11 is 1.67. The molecule has 5 nitrogen and oxygen atoms in total. The molecule has 2 fully saturated rings. The second-order valence-corrected chi connectivity index (χ2v) is 9.24. The average molecular weight is 379 g/mol. The summed E-state index contributed by atoms with van der Waals surface area (Å²) in [6.07, 6.45) is 8.34. The molecule has 3 heterocycles. The predicted octanol–water partition coefficient (Wildman–Crippen LogP) is 2.32. The minimum absolute atomic E-state index is 0.0634. The van der Waals surface area contributed by atoms with Crippen molar-refractivity contribution in [3.05, 3.63) is 21.4 Å². The zero-order valence-corrected chi connectivity index (χ0v) is 16.4. The largest absolute Gasteiger partial charge is 0.384 e. The molecule has 6 heteroatoms. The van der Waals surface area contributed by atoms with Crippen molar-refractivity contribution in [1.82, 2.24) is 9.80 Å². The van der Waals surface area contributed by atoms with Crippen LogP contribution in [-0.2, 0) is 17.6 Å². The summed E-state index contributed by atoms with van der Waals surface area (Å²) in [6, 6.07) is 2.11. The first-order valence-electron chi connectivity index (χ1n) is 10.1. The molecule has 0 aromatic carbocycles. The third kappa shape index (κ3) is 4.14. The number of amides is 1. The Morgan fingerprint density at radius 2 is 1.96 bits per heavy atom. The van der Waals surface area contributed by atoms with Crippen molar-refractivity contribution in [2.45, 2.75) is 50.5 Å². The first-order valence-corrected chi connectivity index (χ1v) is 10.9. The summed E-state index contributed by atoms with van der Waals surface area (Å²) < 4.78 is 5.67. The highest BCUT2D eigenvalue weighted by molar-refractivity contribution is 7.14. The SMILES string of the molecule is O=C(c1cc2c(s1)CCCCC2)N1CCOC[C@@](O)(CN2CCCC2)C1. The molecule has 1 aliphatic carbocycles. The van der Waals surface area contributed by atoms with Gasteiger partial charge in [0.1, 0.15) is 5.60 Å². The molecular weight excluding hydrogens is 348 g/mol. The second-order valence-electron chi connectivity index (χ2n) is 8.11. The summed E-state index contributed by atoms with van der Waals surface area (Å²) in [4.78, 5) is 19.5. The van der Waals surface area contributed by atoms with Gasteiger partial charge in [-0.3, -0.25) is 4.79 Å². The molecule has 2 saturated heterocycles. The maximum absolute atomic E-state index is 13.1. The van der Waals surface area contributed by atoms with Crippen LogP contribution in [0.3, 0.4) is 0 Å². The van der Waals surface area contributed by atoms with Crippen molar-refractivity contribution in [3.63, 3.8) is 0 Å². The van der Waals surface area contributed by atoms with Crippen LogP contribution in [0.25, 0.3) is 0 Å². The fraction of sp³-hybridized carbons (Fsp3) is 0.750. The van der Waals surface area contributed by atoms with E-state index in [4.69, 9.17) is 4.74 Å². The number of nitrogens with zero attached hydrogens (tertiary/aromatic N) is 2. The number of carbonyl (C=O) groups is 1. The molecule has 3 aliphatic rings.